The highest BCUT2D eigenvalue weighted by Gasteiger charge is 2.15. The molecule has 2 aromatic rings. The second-order valence-electron chi connectivity index (χ2n) is 3.89. The van der Waals surface area contributed by atoms with Crippen LogP contribution >= 0.6 is 0 Å². The molecule has 2 rings (SSSR count). The summed E-state index contributed by atoms with van der Waals surface area (Å²) in [7, 11) is -2.18. The summed E-state index contributed by atoms with van der Waals surface area (Å²) < 4.78 is 27.2. The van der Waals surface area contributed by atoms with Crippen molar-refractivity contribution < 1.29 is 8.42 Å². The molecule has 1 aromatic carbocycles. The second-order valence-corrected chi connectivity index (χ2v) is 5.75. The van der Waals surface area contributed by atoms with Crippen LogP contribution in [0.4, 0.5) is 5.69 Å². The van der Waals surface area contributed by atoms with Crippen LogP contribution in [0.15, 0.2) is 35.5 Å². The van der Waals surface area contributed by atoms with Crippen molar-refractivity contribution in [1.29, 1.82) is 0 Å². The molecule has 0 amide bonds. The molecule has 0 spiro atoms. The van der Waals surface area contributed by atoms with E-state index in [0.29, 0.717) is 0 Å². The molecule has 3 N–H and O–H groups in total. The Hall–Kier alpha value is -1.86. The minimum Gasteiger partial charge on any atom is -0.398 e. The van der Waals surface area contributed by atoms with Gasteiger partial charge in [-0.15, -0.1) is 0 Å². The summed E-state index contributed by atoms with van der Waals surface area (Å²) in [5, 5.41) is 4.14. The Bertz CT molecular complexity index is 676. The molecule has 6 nitrogen and oxygen atoms in total. The molecule has 0 aliphatic heterocycles. The van der Waals surface area contributed by atoms with Crippen LogP contribution in [0.25, 0.3) is 5.69 Å². The lowest BCUT2D eigenvalue weighted by atomic mass is 10.3. The van der Waals surface area contributed by atoms with Gasteiger partial charge in [0, 0.05) is 6.20 Å². The number of hydrogen-bond donors (Lipinski definition) is 2. The monoisotopic (exact) mass is 266 g/mol. The lowest BCUT2D eigenvalue weighted by Crippen LogP contribution is -2.20. The van der Waals surface area contributed by atoms with Gasteiger partial charge in [0.25, 0.3) is 0 Å². The number of nitrogens with two attached hydrogens (primary N) is 1. The van der Waals surface area contributed by atoms with E-state index in [1.807, 2.05) is 13.1 Å². The molecule has 0 saturated heterocycles. The Labute approximate surface area is 105 Å². The lowest BCUT2D eigenvalue weighted by molar-refractivity contribution is 0.588. The van der Waals surface area contributed by atoms with Gasteiger partial charge in [-0.2, -0.15) is 5.10 Å². The lowest BCUT2D eigenvalue weighted by Gasteiger charge is -2.08. The van der Waals surface area contributed by atoms with Gasteiger partial charge in [-0.1, -0.05) is 0 Å². The first-order chi connectivity index (χ1) is 8.44. The number of benzene rings is 1. The van der Waals surface area contributed by atoms with E-state index in [9.17, 15) is 8.42 Å². The first-order valence-corrected chi connectivity index (χ1v) is 6.77. The van der Waals surface area contributed by atoms with Crippen molar-refractivity contribution in [3.05, 3.63) is 36.2 Å². The van der Waals surface area contributed by atoms with Gasteiger partial charge < -0.3 is 5.73 Å². The van der Waals surface area contributed by atoms with Crippen molar-refractivity contribution in [1.82, 2.24) is 14.5 Å². The largest absolute Gasteiger partial charge is 0.398 e. The average molecular weight is 266 g/mol. The first kappa shape index (κ1) is 12.6. The zero-order valence-corrected chi connectivity index (χ0v) is 10.9. The van der Waals surface area contributed by atoms with E-state index in [2.05, 4.69) is 9.82 Å². The normalized spacial score (nSPS) is 11.7. The van der Waals surface area contributed by atoms with Gasteiger partial charge in [-0.3, -0.25) is 0 Å². The number of nitrogen functional groups attached to an aromatic ring is 1. The molecule has 0 unspecified atom stereocenters. The molecule has 0 bridgehead atoms. The third-order valence-corrected chi connectivity index (χ3v) is 4.02. The minimum absolute atomic E-state index is 0.0672. The van der Waals surface area contributed by atoms with E-state index in [0.717, 1.165) is 11.3 Å². The summed E-state index contributed by atoms with van der Waals surface area (Å²) in [4.78, 5) is 0.0672. The highest BCUT2D eigenvalue weighted by molar-refractivity contribution is 7.89. The highest BCUT2D eigenvalue weighted by Crippen LogP contribution is 2.21. The smallest absolute Gasteiger partial charge is 0.242 e. The molecule has 7 heteroatoms. The molecule has 1 heterocycles. The Balaban J connectivity index is 2.49. The number of sulfonamides is 1. The summed E-state index contributed by atoms with van der Waals surface area (Å²) in [6, 6.07) is 4.71. The fourth-order valence-electron chi connectivity index (χ4n) is 1.59. The van der Waals surface area contributed by atoms with Gasteiger partial charge >= 0.3 is 0 Å². The maximum absolute atomic E-state index is 11.7. The highest BCUT2D eigenvalue weighted by atomic mass is 32.2. The van der Waals surface area contributed by atoms with E-state index in [4.69, 9.17) is 5.73 Å². The molecule has 0 atom stereocenters. The molecule has 18 heavy (non-hydrogen) atoms. The molecule has 96 valence electrons. The van der Waals surface area contributed by atoms with Crippen LogP contribution in [0.1, 0.15) is 5.56 Å². The molecule has 0 radical (unpaired) electrons. The fraction of sp³-hybridized carbons (Fsp3) is 0.182. The van der Waals surface area contributed by atoms with E-state index in [1.54, 1.807) is 23.0 Å². The molecule has 0 aliphatic carbocycles. The molecule has 0 saturated carbocycles. The van der Waals surface area contributed by atoms with Crippen LogP contribution in [0, 0.1) is 6.92 Å². The third-order valence-electron chi connectivity index (χ3n) is 2.53. The number of nitrogens with zero attached hydrogens (tertiary/aromatic N) is 2. The van der Waals surface area contributed by atoms with Crippen molar-refractivity contribution in [2.75, 3.05) is 12.8 Å². The number of aromatic nitrogens is 2. The van der Waals surface area contributed by atoms with E-state index >= 15 is 0 Å². The number of nitrogens with one attached hydrogen (secondary N) is 1. The fourth-order valence-corrected chi connectivity index (χ4v) is 2.42. The van der Waals surface area contributed by atoms with Crippen LogP contribution in [0.3, 0.4) is 0 Å². The number of hydrogen-bond acceptors (Lipinski definition) is 4. The van der Waals surface area contributed by atoms with Crippen LogP contribution in [-0.4, -0.2) is 25.2 Å². The predicted octanol–water partition coefficient (Wildman–Crippen LogP) is 0.671. The van der Waals surface area contributed by atoms with Crippen LogP contribution in [0.5, 0.6) is 0 Å². The van der Waals surface area contributed by atoms with Gasteiger partial charge in [0.15, 0.2) is 0 Å². The van der Waals surface area contributed by atoms with Gasteiger partial charge in [-0.05, 0) is 37.7 Å². The Kier molecular flexibility index (Phi) is 3.10. The van der Waals surface area contributed by atoms with Crippen LogP contribution < -0.4 is 10.5 Å². The van der Waals surface area contributed by atoms with Gasteiger partial charge in [0.1, 0.15) is 4.90 Å². The summed E-state index contributed by atoms with van der Waals surface area (Å²) >= 11 is 0. The molecular formula is C11H14N4O2S. The molecule has 0 aliphatic rings. The van der Waals surface area contributed by atoms with Crippen molar-refractivity contribution in [3.8, 4) is 5.69 Å². The first-order valence-electron chi connectivity index (χ1n) is 5.29. The Morgan fingerprint density at radius 3 is 2.61 bits per heavy atom. The summed E-state index contributed by atoms with van der Waals surface area (Å²) in [5.41, 5.74) is 7.69. The van der Waals surface area contributed by atoms with Gasteiger partial charge in [0.05, 0.1) is 17.6 Å². The Morgan fingerprint density at radius 2 is 2.11 bits per heavy atom. The average Bonchev–Trinajstić information content (AvgIpc) is 2.75. The maximum atomic E-state index is 11.7. The second kappa shape index (κ2) is 4.43. The van der Waals surface area contributed by atoms with Crippen molar-refractivity contribution in [3.63, 3.8) is 0 Å². The zero-order valence-electron chi connectivity index (χ0n) is 10.1. The number of aryl methyl sites for hydroxylation is 1. The van der Waals surface area contributed by atoms with Crippen molar-refractivity contribution in [2.45, 2.75) is 11.8 Å². The van der Waals surface area contributed by atoms with Gasteiger partial charge in [-0.25, -0.2) is 17.8 Å². The summed E-state index contributed by atoms with van der Waals surface area (Å²) in [6.07, 6.45) is 3.55. The number of rotatable bonds is 3. The van der Waals surface area contributed by atoms with E-state index in [1.165, 1.54) is 13.1 Å². The maximum Gasteiger partial charge on any atom is 0.242 e. The van der Waals surface area contributed by atoms with Crippen LogP contribution in [0.2, 0.25) is 0 Å². The van der Waals surface area contributed by atoms with Crippen molar-refractivity contribution in [2.24, 2.45) is 0 Å². The van der Waals surface area contributed by atoms with E-state index < -0.39 is 10.0 Å². The van der Waals surface area contributed by atoms with E-state index in [-0.39, 0.29) is 10.6 Å². The summed E-state index contributed by atoms with van der Waals surface area (Å²) in [6.45, 7) is 1.92. The molecule has 0 fully saturated rings. The predicted molar refractivity (Wildman–Crippen MR) is 69.0 cm³/mol. The van der Waals surface area contributed by atoms with Crippen LogP contribution in [-0.2, 0) is 10.0 Å². The SMILES string of the molecule is CNS(=O)(=O)c1ccc(-n2cc(C)cn2)cc1N. The minimum atomic E-state index is -3.53. The Morgan fingerprint density at radius 1 is 1.39 bits per heavy atom. The zero-order chi connectivity index (χ0) is 13.3. The summed E-state index contributed by atoms with van der Waals surface area (Å²) in [5.74, 6) is 0. The molecular weight excluding hydrogens is 252 g/mol. The van der Waals surface area contributed by atoms with Crippen molar-refractivity contribution >= 4 is 15.7 Å². The standard InChI is InChI=1S/C11H14N4O2S/c1-8-6-14-15(7-8)9-3-4-11(10(12)5-9)18(16,17)13-2/h3-7,13H,12H2,1-2H3. The number of anilines is 1. The topological polar surface area (TPSA) is 90.0 Å². The van der Waals surface area contributed by atoms with Gasteiger partial charge in [0.2, 0.25) is 10.0 Å². The third kappa shape index (κ3) is 2.22. The molecule has 1 aromatic heterocycles. The quantitative estimate of drug-likeness (QED) is 0.799.